The quantitative estimate of drug-likeness (QED) is 0.849. The number of rotatable bonds is 5. The molecule has 116 valence electrons. The molecule has 0 N–H and O–H groups in total. The molecule has 0 spiro atoms. The molecule has 5 nitrogen and oxygen atoms in total. The van der Waals surface area contributed by atoms with Crippen molar-refractivity contribution < 1.29 is 4.79 Å². The molecule has 0 aliphatic heterocycles. The van der Waals surface area contributed by atoms with E-state index in [4.69, 9.17) is 0 Å². The molecular weight excluding hydrogens is 278 g/mol. The first-order valence-corrected chi connectivity index (χ1v) is 7.48. The van der Waals surface area contributed by atoms with Crippen LogP contribution in [0.25, 0.3) is 11.3 Å². The molecule has 1 aromatic carbocycles. The number of carbonyl (C=O) groups is 1. The summed E-state index contributed by atoms with van der Waals surface area (Å²) in [5, 5.41) is 0. The topological polar surface area (TPSA) is 55.2 Å². The van der Waals surface area contributed by atoms with Crippen LogP contribution in [-0.4, -0.2) is 33.4 Å². The van der Waals surface area contributed by atoms with Crippen LogP contribution in [0.15, 0.2) is 41.2 Å². The summed E-state index contributed by atoms with van der Waals surface area (Å²) >= 11 is 0. The molecule has 5 heteroatoms. The van der Waals surface area contributed by atoms with Gasteiger partial charge in [-0.1, -0.05) is 30.3 Å². The van der Waals surface area contributed by atoms with Crippen molar-refractivity contribution >= 4 is 5.91 Å². The number of aromatic nitrogens is 2. The molecule has 0 aliphatic carbocycles. The normalized spacial score (nSPS) is 10.5. The van der Waals surface area contributed by atoms with Crippen LogP contribution in [0.5, 0.6) is 0 Å². The molecule has 1 amide bonds. The van der Waals surface area contributed by atoms with Crippen LogP contribution in [0.4, 0.5) is 0 Å². The minimum atomic E-state index is -0.202. The lowest BCUT2D eigenvalue weighted by Crippen LogP contribution is -2.37. The Morgan fingerprint density at radius 1 is 1.18 bits per heavy atom. The van der Waals surface area contributed by atoms with Crippen LogP contribution in [0, 0.1) is 6.92 Å². The summed E-state index contributed by atoms with van der Waals surface area (Å²) in [4.78, 5) is 30.7. The van der Waals surface area contributed by atoms with E-state index in [0.29, 0.717) is 24.6 Å². The molecule has 0 atom stereocenters. The SMILES string of the molecule is CCN(CC)C(=O)Cn1c(C)nc(-c2ccccc2)cc1=O. The van der Waals surface area contributed by atoms with Crippen LogP contribution in [0.1, 0.15) is 19.7 Å². The fourth-order valence-electron chi connectivity index (χ4n) is 2.38. The van der Waals surface area contributed by atoms with E-state index in [1.54, 1.807) is 11.8 Å². The molecule has 0 fully saturated rings. The highest BCUT2D eigenvalue weighted by atomic mass is 16.2. The van der Waals surface area contributed by atoms with Crippen molar-refractivity contribution in [1.82, 2.24) is 14.5 Å². The Morgan fingerprint density at radius 2 is 1.82 bits per heavy atom. The molecule has 1 aromatic heterocycles. The van der Waals surface area contributed by atoms with Crippen LogP contribution < -0.4 is 5.56 Å². The summed E-state index contributed by atoms with van der Waals surface area (Å²) in [6.45, 7) is 6.91. The molecule has 1 heterocycles. The van der Waals surface area contributed by atoms with Gasteiger partial charge in [-0.2, -0.15) is 0 Å². The van der Waals surface area contributed by atoms with E-state index in [1.165, 1.54) is 10.6 Å². The van der Waals surface area contributed by atoms with Crippen molar-refractivity contribution in [3.8, 4) is 11.3 Å². The second-order valence-electron chi connectivity index (χ2n) is 5.05. The summed E-state index contributed by atoms with van der Waals surface area (Å²) in [6, 6.07) is 11.0. The lowest BCUT2D eigenvalue weighted by molar-refractivity contribution is -0.131. The maximum absolute atomic E-state index is 12.3. The zero-order chi connectivity index (χ0) is 16.1. The fourth-order valence-corrected chi connectivity index (χ4v) is 2.38. The van der Waals surface area contributed by atoms with Crippen molar-refractivity contribution in [2.24, 2.45) is 0 Å². The van der Waals surface area contributed by atoms with E-state index in [2.05, 4.69) is 4.98 Å². The van der Waals surface area contributed by atoms with Crippen molar-refractivity contribution in [2.45, 2.75) is 27.3 Å². The molecule has 2 rings (SSSR count). The van der Waals surface area contributed by atoms with Gasteiger partial charge in [-0.3, -0.25) is 14.2 Å². The number of benzene rings is 1. The highest BCUT2D eigenvalue weighted by molar-refractivity contribution is 5.76. The predicted molar refractivity (Wildman–Crippen MR) is 86.6 cm³/mol. The van der Waals surface area contributed by atoms with Crippen molar-refractivity contribution in [3.63, 3.8) is 0 Å². The lowest BCUT2D eigenvalue weighted by atomic mass is 10.1. The number of hydrogen-bond acceptors (Lipinski definition) is 3. The largest absolute Gasteiger partial charge is 0.342 e. The van der Waals surface area contributed by atoms with Gasteiger partial charge < -0.3 is 4.90 Å². The van der Waals surface area contributed by atoms with Crippen LogP contribution >= 0.6 is 0 Å². The molecule has 0 saturated carbocycles. The van der Waals surface area contributed by atoms with E-state index in [1.807, 2.05) is 44.2 Å². The van der Waals surface area contributed by atoms with E-state index >= 15 is 0 Å². The van der Waals surface area contributed by atoms with Crippen molar-refractivity contribution in [1.29, 1.82) is 0 Å². The molecule has 0 bridgehead atoms. The Labute approximate surface area is 130 Å². The molecule has 22 heavy (non-hydrogen) atoms. The third-order valence-electron chi connectivity index (χ3n) is 3.68. The minimum Gasteiger partial charge on any atom is -0.342 e. The number of aryl methyl sites for hydroxylation is 1. The second-order valence-corrected chi connectivity index (χ2v) is 5.05. The zero-order valence-corrected chi connectivity index (χ0v) is 13.2. The number of likely N-dealkylation sites (N-methyl/N-ethyl adjacent to an activating group) is 1. The predicted octanol–water partition coefficient (Wildman–Crippen LogP) is 2.09. The summed E-state index contributed by atoms with van der Waals surface area (Å²) < 4.78 is 1.42. The summed E-state index contributed by atoms with van der Waals surface area (Å²) in [5.74, 6) is 0.483. The van der Waals surface area contributed by atoms with Gasteiger partial charge in [0.05, 0.1) is 5.69 Å². The van der Waals surface area contributed by atoms with Crippen LogP contribution in [-0.2, 0) is 11.3 Å². The average Bonchev–Trinajstić information content (AvgIpc) is 2.52. The standard InChI is InChI=1S/C17H21N3O2/c1-4-19(5-2)17(22)12-20-13(3)18-15(11-16(20)21)14-9-7-6-8-10-14/h6-11H,4-5,12H2,1-3H3. The van der Waals surface area contributed by atoms with E-state index in [0.717, 1.165) is 5.56 Å². The van der Waals surface area contributed by atoms with Gasteiger partial charge >= 0.3 is 0 Å². The van der Waals surface area contributed by atoms with Gasteiger partial charge in [0.1, 0.15) is 12.4 Å². The van der Waals surface area contributed by atoms with Crippen molar-refractivity contribution in [2.75, 3.05) is 13.1 Å². The first-order chi connectivity index (χ1) is 10.6. The summed E-state index contributed by atoms with van der Waals surface area (Å²) in [7, 11) is 0. The van der Waals surface area contributed by atoms with Gasteiger partial charge in [0.2, 0.25) is 5.91 Å². The van der Waals surface area contributed by atoms with Crippen molar-refractivity contribution in [3.05, 3.63) is 52.6 Å². The molecule has 0 saturated heterocycles. The third kappa shape index (κ3) is 3.42. The number of carbonyl (C=O) groups excluding carboxylic acids is 1. The summed E-state index contributed by atoms with van der Waals surface area (Å²) in [5.41, 5.74) is 1.33. The Morgan fingerprint density at radius 3 is 2.36 bits per heavy atom. The first kappa shape index (κ1) is 15.9. The monoisotopic (exact) mass is 299 g/mol. The number of hydrogen-bond donors (Lipinski definition) is 0. The molecule has 0 aliphatic rings. The van der Waals surface area contributed by atoms with E-state index in [9.17, 15) is 9.59 Å². The maximum atomic E-state index is 12.3. The Balaban J connectivity index is 2.32. The van der Waals surface area contributed by atoms with Crippen LogP contribution in [0.3, 0.4) is 0 Å². The molecule has 2 aromatic rings. The van der Waals surface area contributed by atoms with E-state index in [-0.39, 0.29) is 18.0 Å². The Bertz CT molecular complexity index is 704. The second kappa shape index (κ2) is 7.02. The third-order valence-corrected chi connectivity index (χ3v) is 3.68. The zero-order valence-electron chi connectivity index (χ0n) is 13.2. The smallest absolute Gasteiger partial charge is 0.254 e. The minimum absolute atomic E-state index is 0.0361. The first-order valence-electron chi connectivity index (χ1n) is 7.48. The maximum Gasteiger partial charge on any atom is 0.254 e. The lowest BCUT2D eigenvalue weighted by Gasteiger charge is -2.20. The van der Waals surface area contributed by atoms with Gasteiger partial charge in [0.25, 0.3) is 5.56 Å². The van der Waals surface area contributed by atoms with Gasteiger partial charge in [0, 0.05) is 24.7 Å². The van der Waals surface area contributed by atoms with Gasteiger partial charge in [-0.15, -0.1) is 0 Å². The molecule has 0 radical (unpaired) electrons. The van der Waals surface area contributed by atoms with Gasteiger partial charge in [0.15, 0.2) is 0 Å². The van der Waals surface area contributed by atoms with E-state index < -0.39 is 0 Å². The number of amides is 1. The fraction of sp³-hybridized carbons (Fsp3) is 0.353. The Kier molecular flexibility index (Phi) is 5.09. The summed E-state index contributed by atoms with van der Waals surface area (Å²) in [6.07, 6.45) is 0. The molecule has 0 unspecified atom stereocenters. The van der Waals surface area contributed by atoms with Gasteiger partial charge in [-0.05, 0) is 20.8 Å². The molecular formula is C17H21N3O2. The highest BCUT2D eigenvalue weighted by Gasteiger charge is 2.14. The Hall–Kier alpha value is -2.43. The van der Waals surface area contributed by atoms with Crippen LogP contribution in [0.2, 0.25) is 0 Å². The number of nitrogens with zero attached hydrogens (tertiary/aromatic N) is 3. The highest BCUT2D eigenvalue weighted by Crippen LogP contribution is 2.14. The van der Waals surface area contributed by atoms with Gasteiger partial charge in [-0.25, -0.2) is 4.98 Å². The average molecular weight is 299 g/mol.